The Kier molecular flexibility index (Phi) is 39.9. The predicted molar refractivity (Wildman–Crippen MR) is 85.1 cm³/mol. The van der Waals surface area contributed by atoms with Gasteiger partial charge in [-0.15, -0.1) is 6.58 Å². The van der Waals surface area contributed by atoms with Crippen LogP contribution in [-0.4, -0.2) is 29.4 Å². The summed E-state index contributed by atoms with van der Waals surface area (Å²) >= 11 is 7.21. The van der Waals surface area contributed by atoms with Crippen molar-refractivity contribution in [3.8, 4) is 0 Å². The highest BCUT2D eigenvalue weighted by Crippen LogP contribution is 2.26. The quantitative estimate of drug-likeness (QED) is 0.316. The smallest absolute Gasteiger partial charge is 0.319 e. The van der Waals surface area contributed by atoms with Gasteiger partial charge >= 0.3 is 13.4 Å². The molecule has 18 heavy (non-hydrogen) atoms. The van der Waals surface area contributed by atoms with Crippen molar-refractivity contribution in [2.45, 2.75) is 41.0 Å². The first-order valence-corrected chi connectivity index (χ1v) is 10.4. The Morgan fingerprint density at radius 3 is 0.889 bits per heavy atom. The molecule has 0 aromatic rings. The highest BCUT2D eigenvalue weighted by Gasteiger charge is 1.92. The molecule has 0 radical (unpaired) electrons. The van der Waals surface area contributed by atoms with Crippen molar-refractivity contribution in [3.63, 3.8) is 0 Å². The van der Waals surface area contributed by atoms with Crippen molar-refractivity contribution in [2.75, 3.05) is 0 Å². The van der Waals surface area contributed by atoms with Crippen molar-refractivity contribution < 1.29 is 29.4 Å². The van der Waals surface area contributed by atoms with Gasteiger partial charge in [0.2, 0.25) is 0 Å². The molecule has 0 aliphatic carbocycles. The van der Waals surface area contributed by atoms with Crippen molar-refractivity contribution in [1.82, 2.24) is 0 Å². The summed E-state index contributed by atoms with van der Waals surface area (Å²) in [5.41, 5.74) is 0. The minimum Gasteiger partial charge on any atom is -0.325 e. The van der Waals surface area contributed by atoms with Gasteiger partial charge < -0.3 is 29.4 Å². The van der Waals surface area contributed by atoms with E-state index in [9.17, 15) is 0 Å². The number of hydrogen-bond donors (Lipinski definition) is 6. The number of allylic oxidation sites excluding steroid dienone is 1. The fourth-order valence-electron chi connectivity index (χ4n) is 0. The standard InChI is InChI=1S/C4H8.2C2H6.2H3O3PS/c1-3-4-2;2*1-2;2*1-4(2,3)5/h3H,1,4H2,2H3;2*1-2H3;2*(H3,1,2,3,5). The van der Waals surface area contributed by atoms with Gasteiger partial charge in [-0.2, -0.15) is 0 Å². The van der Waals surface area contributed by atoms with Crippen LogP contribution in [-0.2, 0) is 23.6 Å². The van der Waals surface area contributed by atoms with E-state index >= 15 is 0 Å². The molecule has 0 bridgehead atoms. The molecule has 0 saturated heterocycles. The molecule has 0 spiro atoms. The van der Waals surface area contributed by atoms with E-state index in [4.69, 9.17) is 29.4 Å². The SMILES string of the molecule is C=CCC.CC.CC.OP(O)(O)=S.OP(O)(O)=S. The van der Waals surface area contributed by atoms with Gasteiger partial charge in [-0.3, -0.25) is 0 Å². The van der Waals surface area contributed by atoms with Crippen LogP contribution in [0.1, 0.15) is 41.0 Å². The van der Waals surface area contributed by atoms with E-state index in [1.165, 1.54) is 0 Å². The summed E-state index contributed by atoms with van der Waals surface area (Å²) < 4.78 is 0. The van der Waals surface area contributed by atoms with Crippen LogP contribution in [0.25, 0.3) is 0 Å². The van der Waals surface area contributed by atoms with Gasteiger partial charge in [0.25, 0.3) is 0 Å². The largest absolute Gasteiger partial charge is 0.325 e. The van der Waals surface area contributed by atoms with Gasteiger partial charge in [0.05, 0.1) is 0 Å². The van der Waals surface area contributed by atoms with Gasteiger partial charge in [0.15, 0.2) is 0 Å². The summed E-state index contributed by atoms with van der Waals surface area (Å²) in [4.78, 5) is 45.3. The van der Waals surface area contributed by atoms with Crippen LogP contribution in [0.3, 0.4) is 0 Å². The molecule has 116 valence electrons. The Bertz CT molecular complexity index is 189. The third-order valence-electron chi connectivity index (χ3n) is 0.289. The molecule has 0 aliphatic rings. The van der Waals surface area contributed by atoms with Crippen LogP contribution in [0.4, 0.5) is 0 Å². The lowest BCUT2D eigenvalue weighted by molar-refractivity contribution is 0.361. The molecule has 6 N–H and O–H groups in total. The van der Waals surface area contributed by atoms with Crippen molar-refractivity contribution >= 4 is 37.1 Å². The maximum Gasteiger partial charge on any atom is 0.319 e. The third kappa shape index (κ3) is 1290. The Morgan fingerprint density at radius 1 is 0.833 bits per heavy atom. The zero-order valence-electron chi connectivity index (χ0n) is 11.4. The van der Waals surface area contributed by atoms with E-state index in [-0.39, 0.29) is 0 Å². The molecule has 0 fully saturated rings. The summed E-state index contributed by atoms with van der Waals surface area (Å²) in [6.07, 6.45) is 2.96. The molecule has 6 nitrogen and oxygen atoms in total. The van der Waals surface area contributed by atoms with Crippen LogP contribution in [0, 0.1) is 0 Å². The average molecular weight is 344 g/mol. The molecule has 0 rings (SSSR count). The van der Waals surface area contributed by atoms with Gasteiger partial charge in [-0.1, -0.05) is 40.7 Å². The maximum absolute atomic E-state index is 7.56. The molecule has 0 unspecified atom stereocenters. The Balaban J connectivity index is -0.0000000414. The van der Waals surface area contributed by atoms with E-state index in [2.05, 4.69) is 37.1 Å². The summed E-state index contributed by atoms with van der Waals surface area (Å²) in [6.45, 7) is 5.93. The first-order valence-electron chi connectivity index (χ1n) is 5.09. The van der Waals surface area contributed by atoms with Crippen LogP contribution in [0.5, 0.6) is 0 Å². The van der Waals surface area contributed by atoms with Crippen LogP contribution in [0.2, 0.25) is 0 Å². The molecular weight excluding hydrogens is 318 g/mol. The molecule has 0 heterocycles. The van der Waals surface area contributed by atoms with Crippen molar-refractivity contribution in [3.05, 3.63) is 12.7 Å². The topological polar surface area (TPSA) is 121 Å². The zero-order valence-corrected chi connectivity index (χ0v) is 14.8. The van der Waals surface area contributed by atoms with E-state index in [1.807, 2.05) is 33.8 Å². The van der Waals surface area contributed by atoms with E-state index in [0.717, 1.165) is 6.42 Å². The lowest BCUT2D eigenvalue weighted by Crippen LogP contribution is -1.65. The lowest BCUT2D eigenvalue weighted by atomic mass is 10.5. The molecule has 10 heteroatoms. The van der Waals surface area contributed by atoms with Gasteiger partial charge in [0, 0.05) is 0 Å². The van der Waals surface area contributed by atoms with Crippen LogP contribution < -0.4 is 0 Å². The highest BCUT2D eigenvalue weighted by atomic mass is 32.5. The fourth-order valence-corrected chi connectivity index (χ4v) is 0. The lowest BCUT2D eigenvalue weighted by Gasteiger charge is -1.88. The minimum atomic E-state index is -3.81. The normalized spacial score (nSPS) is 8.61. The monoisotopic (exact) mass is 344 g/mol. The maximum atomic E-state index is 7.56. The molecule has 0 amide bonds. The van der Waals surface area contributed by atoms with Crippen molar-refractivity contribution in [2.24, 2.45) is 0 Å². The summed E-state index contributed by atoms with van der Waals surface area (Å²) in [7, 11) is 0. The molecule has 0 aliphatic heterocycles. The molecular formula is C8H26O6P2S2. The van der Waals surface area contributed by atoms with Crippen LogP contribution >= 0.6 is 13.4 Å². The number of hydrogen-bond acceptors (Lipinski definition) is 2. The van der Waals surface area contributed by atoms with E-state index in [0.29, 0.717) is 0 Å². The number of rotatable bonds is 1. The van der Waals surface area contributed by atoms with Crippen molar-refractivity contribution in [1.29, 1.82) is 0 Å². The minimum absolute atomic E-state index is 1.08. The van der Waals surface area contributed by atoms with Crippen LogP contribution in [0.15, 0.2) is 12.7 Å². The average Bonchev–Trinajstić information content (AvgIpc) is 2.18. The van der Waals surface area contributed by atoms with Gasteiger partial charge in [-0.05, 0) is 30.0 Å². The highest BCUT2D eigenvalue weighted by molar-refractivity contribution is 8.06. The summed E-state index contributed by atoms with van der Waals surface area (Å²) in [5, 5.41) is 0. The van der Waals surface area contributed by atoms with E-state index in [1.54, 1.807) is 0 Å². The Morgan fingerprint density at radius 2 is 0.889 bits per heavy atom. The predicted octanol–water partition coefficient (Wildman–Crippen LogP) is 2.01. The zero-order chi connectivity index (χ0) is 16.4. The van der Waals surface area contributed by atoms with Gasteiger partial charge in [-0.25, -0.2) is 0 Å². The first-order chi connectivity index (χ1) is 7.91. The third-order valence-corrected chi connectivity index (χ3v) is 0.289. The molecule has 0 aromatic heterocycles. The summed E-state index contributed by atoms with van der Waals surface area (Å²) in [5.74, 6) is 0. The van der Waals surface area contributed by atoms with E-state index < -0.39 is 13.4 Å². The fraction of sp³-hybridized carbons (Fsp3) is 0.750. The second kappa shape index (κ2) is 22.9. The molecule has 0 atom stereocenters. The first kappa shape index (κ1) is 31.3. The van der Waals surface area contributed by atoms with Gasteiger partial charge in [0.1, 0.15) is 0 Å². The molecule has 0 saturated carbocycles. The summed E-state index contributed by atoms with van der Waals surface area (Å²) in [6, 6.07) is 0. The second-order valence-electron chi connectivity index (χ2n) is 1.72. The molecule has 0 aromatic carbocycles. The second-order valence-corrected chi connectivity index (χ2v) is 6.72. The Labute approximate surface area is 120 Å². The Hall–Kier alpha value is 0.800.